The first kappa shape index (κ1) is 17.4. The number of nitrogens with zero attached hydrogens (tertiary/aromatic N) is 4. The molecule has 2 aromatic heterocycles. The third kappa shape index (κ3) is 3.07. The summed E-state index contributed by atoms with van der Waals surface area (Å²) in [6.45, 7) is 7.06. The summed E-state index contributed by atoms with van der Waals surface area (Å²) in [7, 11) is 0. The number of benzene rings is 1. The zero-order valence-electron chi connectivity index (χ0n) is 16.3. The van der Waals surface area contributed by atoms with Gasteiger partial charge in [0, 0.05) is 30.2 Å². The molecule has 1 N–H and O–H groups in total. The van der Waals surface area contributed by atoms with E-state index < -0.39 is 0 Å². The molecule has 6 heteroatoms. The van der Waals surface area contributed by atoms with Gasteiger partial charge in [-0.1, -0.05) is 32.0 Å². The molecule has 1 aromatic carbocycles. The highest BCUT2D eigenvalue weighted by Gasteiger charge is 2.39. The van der Waals surface area contributed by atoms with Gasteiger partial charge in [-0.15, -0.1) is 0 Å². The van der Waals surface area contributed by atoms with Crippen molar-refractivity contribution in [2.45, 2.75) is 32.2 Å². The van der Waals surface area contributed by atoms with Crippen molar-refractivity contribution in [2.24, 2.45) is 5.92 Å². The van der Waals surface area contributed by atoms with E-state index >= 15 is 0 Å². The van der Waals surface area contributed by atoms with Gasteiger partial charge in [-0.05, 0) is 35.4 Å². The summed E-state index contributed by atoms with van der Waals surface area (Å²) < 4.78 is 5.64. The van der Waals surface area contributed by atoms with Crippen molar-refractivity contribution in [1.29, 1.82) is 0 Å². The average Bonchev–Trinajstić information content (AvgIpc) is 3.31. The number of fused-ring (bicyclic) bond motifs is 2. The smallest absolute Gasteiger partial charge is 0.227 e. The number of hydrogen-bond acceptors (Lipinski definition) is 6. The molecule has 5 rings (SSSR count). The van der Waals surface area contributed by atoms with Crippen molar-refractivity contribution in [3.63, 3.8) is 0 Å². The SMILES string of the molecule is CC(C)c1cccc2cnc(Nc3ccnc(N4CC[C@@H]5COC[C@@H]54)n3)cc12. The van der Waals surface area contributed by atoms with E-state index in [2.05, 4.69) is 58.3 Å². The van der Waals surface area contributed by atoms with Crippen LogP contribution in [0.1, 0.15) is 31.7 Å². The molecule has 0 aliphatic carbocycles. The largest absolute Gasteiger partial charge is 0.379 e. The van der Waals surface area contributed by atoms with Gasteiger partial charge in [0.15, 0.2) is 0 Å². The topological polar surface area (TPSA) is 63.2 Å². The predicted molar refractivity (Wildman–Crippen MR) is 111 cm³/mol. The van der Waals surface area contributed by atoms with Gasteiger partial charge in [-0.2, -0.15) is 4.98 Å². The highest BCUT2D eigenvalue weighted by atomic mass is 16.5. The van der Waals surface area contributed by atoms with Crippen molar-refractivity contribution in [3.05, 3.63) is 48.3 Å². The highest BCUT2D eigenvalue weighted by molar-refractivity contribution is 5.88. The first-order valence-electron chi connectivity index (χ1n) is 10.0. The molecule has 3 aromatic rings. The number of nitrogens with one attached hydrogen (secondary N) is 1. The summed E-state index contributed by atoms with van der Waals surface area (Å²) in [6.07, 6.45) is 4.89. The maximum absolute atomic E-state index is 5.64. The number of pyridine rings is 1. The molecular weight excluding hydrogens is 350 g/mol. The van der Waals surface area contributed by atoms with Gasteiger partial charge in [0.1, 0.15) is 11.6 Å². The highest BCUT2D eigenvalue weighted by Crippen LogP contribution is 2.33. The monoisotopic (exact) mass is 375 g/mol. The molecular formula is C22H25N5O. The summed E-state index contributed by atoms with van der Waals surface area (Å²) in [5.74, 6) is 3.40. The van der Waals surface area contributed by atoms with Crippen LogP contribution in [0.4, 0.5) is 17.6 Å². The van der Waals surface area contributed by atoms with Crippen LogP contribution in [0.5, 0.6) is 0 Å². The Balaban J connectivity index is 1.43. The Morgan fingerprint density at radius 1 is 1.14 bits per heavy atom. The van der Waals surface area contributed by atoms with Crippen LogP contribution in [0.3, 0.4) is 0 Å². The van der Waals surface area contributed by atoms with E-state index in [1.54, 1.807) is 0 Å². The molecule has 0 radical (unpaired) electrons. The van der Waals surface area contributed by atoms with Crippen LogP contribution in [0.25, 0.3) is 10.8 Å². The number of anilines is 3. The fourth-order valence-electron chi connectivity index (χ4n) is 4.38. The van der Waals surface area contributed by atoms with Gasteiger partial charge >= 0.3 is 0 Å². The standard InChI is InChI=1S/C22H25N5O/c1-14(2)17-5-3-4-15-11-24-21(10-18(15)17)25-20-6-8-23-22(26-20)27-9-7-16-12-28-13-19(16)27/h3-6,8,10-11,14,16,19H,7,9,12-13H2,1-2H3,(H,23,24,25,26)/t16-,19+/m1/s1. The molecule has 6 nitrogen and oxygen atoms in total. The Morgan fingerprint density at radius 3 is 2.96 bits per heavy atom. The van der Waals surface area contributed by atoms with Gasteiger partial charge in [-0.25, -0.2) is 9.97 Å². The molecule has 0 unspecified atom stereocenters. The van der Waals surface area contributed by atoms with E-state index in [1.165, 1.54) is 10.9 Å². The van der Waals surface area contributed by atoms with E-state index in [1.807, 2.05) is 18.5 Å². The molecule has 4 heterocycles. The van der Waals surface area contributed by atoms with Gasteiger partial charge < -0.3 is 15.0 Å². The second kappa shape index (κ2) is 7.02. The number of ether oxygens (including phenoxy) is 1. The van der Waals surface area contributed by atoms with Crippen molar-refractivity contribution in [1.82, 2.24) is 15.0 Å². The molecule has 0 spiro atoms. The van der Waals surface area contributed by atoms with Crippen LogP contribution < -0.4 is 10.2 Å². The lowest BCUT2D eigenvalue weighted by molar-refractivity contribution is 0.179. The summed E-state index contributed by atoms with van der Waals surface area (Å²) >= 11 is 0. The number of aromatic nitrogens is 3. The van der Waals surface area contributed by atoms with Gasteiger partial charge in [-0.3, -0.25) is 0 Å². The molecule has 2 aliphatic heterocycles. The quantitative estimate of drug-likeness (QED) is 0.740. The van der Waals surface area contributed by atoms with E-state index in [9.17, 15) is 0 Å². The molecule has 2 aliphatic rings. The molecule has 0 bridgehead atoms. The molecule has 2 saturated heterocycles. The Morgan fingerprint density at radius 2 is 2.07 bits per heavy atom. The summed E-state index contributed by atoms with van der Waals surface area (Å²) in [5.41, 5.74) is 1.33. The number of rotatable bonds is 4. The van der Waals surface area contributed by atoms with E-state index in [0.29, 0.717) is 17.9 Å². The van der Waals surface area contributed by atoms with Crippen LogP contribution in [-0.2, 0) is 4.74 Å². The molecule has 2 atom stereocenters. The molecule has 28 heavy (non-hydrogen) atoms. The minimum absolute atomic E-state index is 0.405. The normalized spacial score (nSPS) is 21.5. The van der Waals surface area contributed by atoms with Gasteiger partial charge in [0.25, 0.3) is 0 Å². The van der Waals surface area contributed by atoms with Gasteiger partial charge in [0.05, 0.1) is 19.3 Å². The number of hydrogen-bond donors (Lipinski definition) is 1. The Kier molecular flexibility index (Phi) is 4.36. The third-order valence-corrected chi connectivity index (χ3v) is 5.88. The van der Waals surface area contributed by atoms with E-state index in [0.717, 1.165) is 49.1 Å². The minimum atomic E-state index is 0.405. The lowest BCUT2D eigenvalue weighted by atomic mass is 9.97. The second-order valence-corrected chi connectivity index (χ2v) is 8.01. The molecule has 144 valence electrons. The Bertz CT molecular complexity index is 1010. The van der Waals surface area contributed by atoms with Crippen LogP contribution in [-0.4, -0.2) is 40.8 Å². The fraction of sp³-hybridized carbons (Fsp3) is 0.409. The fourth-order valence-corrected chi connectivity index (χ4v) is 4.38. The minimum Gasteiger partial charge on any atom is -0.379 e. The maximum Gasteiger partial charge on any atom is 0.227 e. The van der Waals surface area contributed by atoms with Gasteiger partial charge in [0.2, 0.25) is 5.95 Å². The maximum atomic E-state index is 5.64. The van der Waals surface area contributed by atoms with Crippen LogP contribution in [0, 0.1) is 5.92 Å². The van der Waals surface area contributed by atoms with Crippen LogP contribution >= 0.6 is 0 Å². The molecule has 2 fully saturated rings. The zero-order valence-corrected chi connectivity index (χ0v) is 16.3. The summed E-state index contributed by atoms with van der Waals surface area (Å²) in [6, 6.07) is 10.8. The lowest BCUT2D eigenvalue weighted by Gasteiger charge is -2.23. The summed E-state index contributed by atoms with van der Waals surface area (Å²) in [5, 5.41) is 5.75. The summed E-state index contributed by atoms with van der Waals surface area (Å²) in [4.78, 5) is 16.1. The molecule has 0 amide bonds. The van der Waals surface area contributed by atoms with Crippen LogP contribution in [0.2, 0.25) is 0 Å². The van der Waals surface area contributed by atoms with Crippen molar-refractivity contribution in [2.75, 3.05) is 30.0 Å². The Hall–Kier alpha value is -2.73. The molecule has 0 saturated carbocycles. The Labute approximate surface area is 165 Å². The van der Waals surface area contributed by atoms with Crippen molar-refractivity contribution >= 4 is 28.4 Å². The first-order valence-corrected chi connectivity index (χ1v) is 10.0. The zero-order chi connectivity index (χ0) is 19.1. The second-order valence-electron chi connectivity index (χ2n) is 8.01. The average molecular weight is 375 g/mol. The van der Waals surface area contributed by atoms with E-state index in [-0.39, 0.29) is 0 Å². The van der Waals surface area contributed by atoms with Crippen molar-refractivity contribution < 1.29 is 4.74 Å². The van der Waals surface area contributed by atoms with Crippen LogP contribution in [0.15, 0.2) is 42.7 Å². The van der Waals surface area contributed by atoms with E-state index in [4.69, 9.17) is 9.72 Å². The third-order valence-electron chi connectivity index (χ3n) is 5.88. The predicted octanol–water partition coefficient (Wildman–Crippen LogP) is 4.12. The first-order chi connectivity index (χ1) is 13.7. The van der Waals surface area contributed by atoms with Crippen molar-refractivity contribution in [3.8, 4) is 0 Å². The lowest BCUT2D eigenvalue weighted by Crippen LogP contribution is -2.34.